The fourth-order valence-electron chi connectivity index (χ4n) is 17.4. The van der Waals surface area contributed by atoms with Crippen LogP contribution in [0.4, 0.5) is 0 Å². The molecule has 0 atom stereocenters. The molecule has 16 rings (SSSR count). The second-order valence-electron chi connectivity index (χ2n) is 37.8. The average Bonchev–Trinajstić information content (AvgIpc) is 2.02. The van der Waals surface area contributed by atoms with E-state index in [1.165, 1.54) is 0 Å². The summed E-state index contributed by atoms with van der Waals surface area (Å²) >= 11 is 0. The van der Waals surface area contributed by atoms with E-state index in [1.54, 1.807) is 0 Å². The zero-order chi connectivity index (χ0) is 96.6. The molecule has 0 aromatic rings. The third-order valence-corrected chi connectivity index (χ3v) is 26.6. The summed E-state index contributed by atoms with van der Waals surface area (Å²) in [6, 6.07) is 0. The molecule has 136 heavy (non-hydrogen) atoms. The van der Waals surface area contributed by atoms with Crippen molar-refractivity contribution in [3.8, 4) is 94.7 Å². The van der Waals surface area contributed by atoms with Crippen LogP contribution in [0.5, 0.6) is 0 Å². The van der Waals surface area contributed by atoms with Crippen LogP contribution in [-0.2, 0) is 158 Å². The van der Waals surface area contributed by atoms with Crippen molar-refractivity contribution in [3.05, 3.63) is 103 Å². The predicted octanol–water partition coefficient (Wildman–Crippen LogP) is 14.1. The Kier molecular flexibility index (Phi) is 83.1. The minimum atomic E-state index is -0.847. The molecule has 0 heterocycles. The Morgan fingerprint density at radius 2 is 0.125 bits per heavy atom. The minimum absolute atomic E-state index is 0. The smallest absolute Gasteiger partial charge is 0.691 e. The van der Waals surface area contributed by atoms with Gasteiger partial charge in [-0.05, 0) is 411 Å². The van der Waals surface area contributed by atoms with Crippen molar-refractivity contribution in [1.29, 1.82) is 0 Å². The van der Waals surface area contributed by atoms with Gasteiger partial charge in [0.15, 0.2) is 0 Å². The van der Waals surface area contributed by atoms with Crippen molar-refractivity contribution in [2.45, 2.75) is 501 Å². The first-order valence-corrected chi connectivity index (χ1v) is 46.9. The number of rotatable bonds is 0. The normalized spacial score (nSPS) is 23.5. The fraction of sp³-hybridized carbons (Fsp3) is 0.714. The van der Waals surface area contributed by atoms with Gasteiger partial charge in [-0.15, -0.1) is 0 Å². The van der Waals surface area contributed by atoms with E-state index in [4.69, 9.17) is 103 Å². The van der Waals surface area contributed by atoms with Crippen LogP contribution in [0.15, 0.2) is 0 Å². The minimum Gasteiger partial charge on any atom is -0.691 e. The van der Waals surface area contributed by atoms with Gasteiger partial charge in [-0.2, -0.15) is 0 Å². The van der Waals surface area contributed by atoms with Gasteiger partial charge in [0.25, 0.3) is 0 Å². The van der Waals surface area contributed by atoms with Crippen LogP contribution in [0.3, 0.4) is 0 Å². The van der Waals surface area contributed by atoms with Crippen molar-refractivity contribution in [1.82, 2.24) is 0 Å². The fourth-order valence-corrected chi connectivity index (χ4v) is 17.4. The van der Waals surface area contributed by atoms with E-state index >= 15 is 0 Å². The molecule has 16 N–H and O–H groups in total. The molecule has 0 aromatic carbocycles. The first-order valence-electron chi connectivity index (χ1n) is 46.9. The number of aliphatic hydroxyl groups is 16. The summed E-state index contributed by atoms with van der Waals surface area (Å²) in [5, 5.41) is 147. The van der Waals surface area contributed by atoms with Crippen molar-refractivity contribution in [2.24, 2.45) is 0 Å². The molecule has 16 aliphatic rings. The van der Waals surface area contributed by atoms with Gasteiger partial charge in [0.05, 0.1) is 89.6 Å². The summed E-state index contributed by atoms with van der Waals surface area (Å²) in [5.74, 6) is 34.3. The SMILES string of the molecule is [Au+].[Au+].[Au+].[Au+].[C-]#CC1(O)CCCC1.[C-]#CC1(O)CCCC1.[C-]#CC1(O)CCCC1.[C-]#CC1(O)CCCC1.[C-]#CC1(O)CCCC1.[C-]#CC1(O)CCCC1.[C-]#CC1(O)CCCC1.[C-]#CC1(O)CCCC1.[C-]#CC1(O)CCCC1.[C-]#CC1(O)CCCC1.[C-]#CC1(O)CCCC1.[C-]#CC1(O)CCCC1.[C-]#CC1(O)CCCC1.[C-]#CC1(O)CCCC1.[C-]#CC1(O)CCCC1.[C-]#CC1(O)CCCC1.[Cu].[Cu].[Cu].[Cu]. The van der Waals surface area contributed by atoms with Crippen molar-refractivity contribution >= 4 is 0 Å². The monoisotopic (exact) mass is 2780 g/mol. The van der Waals surface area contributed by atoms with Gasteiger partial charge in [-0.1, -0.05) is 0 Å². The van der Waals surface area contributed by atoms with E-state index in [0.717, 1.165) is 411 Å². The van der Waals surface area contributed by atoms with E-state index < -0.39 is 89.6 Å². The molecule has 4 radical (unpaired) electrons. The van der Waals surface area contributed by atoms with E-state index in [-0.39, 0.29) is 158 Å². The molecular formula is C112H144Au4Cu4O16-12. The molecule has 0 saturated heterocycles. The Morgan fingerprint density at radius 3 is 0.140 bits per heavy atom. The van der Waals surface area contributed by atoms with Gasteiger partial charge < -0.3 is 279 Å². The molecule has 788 valence electrons. The van der Waals surface area contributed by atoms with E-state index in [1.807, 2.05) is 0 Å². The van der Waals surface area contributed by atoms with Crippen molar-refractivity contribution in [3.63, 3.8) is 0 Å². The summed E-state index contributed by atoms with van der Waals surface area (Å²) < 4.78 is 0. The van der Waals surface area contributed by atoms with Crippen LogP contribution in [0.1, 0.15) is 411 Å². The van der Waals surface area contributed by atoms with Gasteiger partial charge in [0.2, 0.25) is 0 Å². The summed E-state index contributed by atoms with van der Waals surface area (Å²) in [4.78, 5) is 0. The summed E-state index contributed by atoms with van der Waals surface area (Å²) in [7, 11) is 0. The molecule has 16 nitrogen and oxygen atoms in total. The largest absolute Gasteiger partial charge is 1.00 e. The van der Waals surface area contributed by atoms with Crippen LogP contribution < -0.4 is 0 Å². The molecule has 0 aliphatic heterocycles. The third-order valence-electron chi connectivity index (χ3n) is 26.6. The molecule has 0 aromatic heterocycles. The molecule has 16 fully saturated rings. The van der Waals surface area contributed by atoms with E-state index in [0.29, 0.717) is 0 Å². The van der Waals surface area contributed by atoms with E-state index in [9.17, 15) is 81.7 Å². The molecule has 16 saturated carbocycles. The van der Waals surface area contributed by atoms with Gasteiger partial charge in [-0.3, -0.25) is 0 Å². The second kappa shape index (κ2) is 76.0. The summed E-state index contributed by atoms with van der Waals surface area (Å²) in [6.45, 7) is 0. The summed E-state index contributed by atoms with van der Waals surface area (Å²) in [6.07, 6.45) is 164. The maximum absolute atomic E-state index is 9.20. The Balaban J connectivity index is -0.000000213. The first kappa shape index (κ1) is 149. The Hall–Kier alpha value is -2.64. The van der Waals surface area contributed by atoms with Gasteiger partial charge in [-0.25, -0.2) is 0 Å². The average molecular weight is 2790 g/mol. The van der Waals surface area contributed by atoms with Crippen LogP contribution in [0, 0.1) is 198 Å². The summed E-state index contributed by atoms with van der Waals surface area (Å²) in [5.41, 5.74) is -13.6. The van der Waals surface area contributed by atoms with Gasteiger partial charge in [0.1, 0.15) is 0 Å². The van der Waals surface area contributed by atoms with Crippen molar-refractivity contribution in [2.75, 3.05) is 0 Å². The maximum atomic E-state index is 9.20. The first-order chi connectivity index (χ1) is 60.3. The van der Waals surface area contributed by atoms with Gasteiger partial charge in [0, 0.05) is 68.3 Å². The molecule has 24 heteroatoms. The zero-order valence-electron chi connectivity index (χ0n) is 78.8. The van der Waals surface area contributed by atoms with Gasteiger partial charge >= 0.3 is 89.5 Å². The molecule has 0 bridgehead atoms. The Bertz CT molecular complexity index is 2910. The molecular weight excluding hydrogens is 2640 g/mol. The van der Waals surface area contributed by atoms with Crippen molar-refractivity contribution < 1.29 is 240 Å². The second-order valence-corrected chi connectivity index (χ2v) is 37.8. The molecule has 16 aliphatic carbocycles. The number of hydrogen-bond donors (Lipinski definition) is 16. The third kappa shape index (κ3) is 62.3. The van der Waals surface area contributed by atoms with Crippen LogP contribution in [0.2, 0.25) is 0 Å². The molecule has 0 spiro atoms. The van der Waals surface area contributed by atoms with Crippen LogP contribution >= 0.6 is 0 Å². The standard InChI is InChI=1S/16C7H9O.4Au.4Cu/c16*1-2-7(8)5-3-4-6-7;;;;;;;;/h16*8H,3-6H2;;;;;;;;/q16*-1;4*+1;;;;. The Morgan fingerprint density at radius 1 is 0.0956 bits per heavy atom. The topological polar surface area (TPSA) is 324 Å². The van der Waals surface area contributed by atoms with Crippen LogP contribution in [-0.4, -0.2) is 171 Å². The predicted molar refractivity (Wildman–Crippen MR) is 489 cm³/mol. The quantitative estimate of drug-likeness (QED) is 0.0609. The van der Waals surface area contributed by atoms with E-state index in [2.05, 4.69) is 94.7 Å². The maximum Gasteiger partial charge on any atom is 1.00 e. The zero-order valence-corrected chi connectivity index (χ0v) is 91.3. The molecule has 0 unspecified atom stereocenters. The molecule has 0 amide bonds. The Labute approximate surface area is 928 Å². The van der Waals surface area contributed by atoms with Crippen LogP contribution in [0.25, 0.3) is 0 Å². The number of hydrogen-bond acceptors (Lipinski definition) is 16.